The van der Waals surface area contributed by atoms with Crippen LogP contribution in [-0.2, 0) is 9.53 Å². The molecule has 0 aliphatic carbocycles. The molecule has 0 aliphatic rings. The first-order valence-electron chi connectivity index (χ1n) is 6.28. The molecule has 1 N–H and O–H groups in total. The number of carbonyl (C=O) groups is 2. The zero-order valence-electron chi connectivity index (χ0n) is 11.5. The van der Waals surface area contributed by atoms with Gasteiger partial charge in [0.15, 0.2) is 6.10 Å². The Kier molecular flexibility index (Phi) is 4.52. The van der Waals surface area contributed by atoms with E-state index in [4.69, 9.17) is 9.15 Å². The van der Waals surface area contributed by atoms with Gasteiger partial charge in [-0.15, -0.1) is 0 Å². The number of para-hydroxylation sites is 2. The molecule has 0 radical (unpaired) electrons. The monoisotopic (exact) mass is 304 g/mol. The topological polar surface area (TPSA) is 112 Å². The van der Waals surface area contributed by atoms with Crippen LogP contribution in [0, 0.1) is 10.1 Å². The van der Waals surface area contributed by atoms with Crippen molar-refractivity contribution in [3.8, 4) is 0 Å². The molecule has 8 nitrogen and oxygen atoms in total. The Morgan fingerprint density at radius 1 is 1.27 bits per heavy atom. The van der Waals surface area contributed by atoms with Gasteiger partial charge in [-0.1, -0.05) is 12.1 Å². The van der Waals surface area contributed by atoms with Gasteiger partial charge >= 0.3 is 5.97 Å². The second-order valence-electron chi connectivity index (χ2n) is 4.29. The van der Waals surface area contributed by atoms with Gasteiger partial charge in [0.1, 0.15) is 5.69 Å². The average molecular weight is 304 g/mol. The molecule has 1 unspecified atom stereocenters. The van der Waals surface area contributed by atoms with Crippen LogP contribution in [0.15, 0.2) is 47.1 Å². The van der Waals surface area contributed by atoms with E-state index in [0.717, 1.165) is 0 Å². The third-order valence-electron chi connectivity index (χ3n) is 2.73. The van der Waals surface area contributed by atoms with Crippen molar-refractivity contribution in [2.75, 3.05) is 5.32 Å². The van der Waals surface area contributed by atoms with Crippen molar-refractivity contribution in [3.05, 3.63) is 58.5 Å². The quantitative estimate of drug-likeness (QED) is 0.515. The molecular weight excluding hydrogens is 292 g/mol. The zero-order chi connectivity index (χ0) is 16.1. The van der Waals surface area contributed by atoms with Crippen molar-refractivity contribution in [1.29, 1.82) is 0 Å². The predicted molar refractivity (Wildman–Crippen MR) is 75.3 cm³/mol. The molecule has 0 fully saturated rings. The van der Waals surface area contributed by atoms with Crippen LogP contribution in [0.25, 0.3) is 0 Å². The fourth-order valence-corrected chi connectivity index (χ4v) is 1.64. The summed E-state index contributed by atoms with van der Waals surface area (Å²) in [5.41, 5.74) is -0.223. The normalized spacial score (nSPS) is 11.5. The lowest BCUT2D eigenvalue weighted by Gasteiger charge is -2.12. The molecule has 2 rings (SSSR count). The minimum Gasteiger partial charge on any atom is -0.457 e. The van der Waals surface area contributed by atoms with E-state index in [0.29, 0.717) is 0 Å². The highest BCUT2D eigenvalue weighted by molar-refractivity contribution is 5.98. The van der Waals surface area contributed by atoms with Gasteiger partial charge in [0.05, 0.1) is 11.2 Å². The molecule has 1 atom stereocenters. The van der Waals surface area contributed by atoms with Gasteiger partial charge in [0.2, 0.25) is 5.76 Å². The number of nitrogens with zero attached hydrogens (tertiary/aromatic N) is 1. The van der Waals surface area contributed by atoms with Crippen LogP contribution in [0.2, 0.25) is 0 Å². The first kappa shape index (κ1) is 15.2. The second kappa shape index (κ2) is 6.53. The summed E-state index contributed by atoms with van der Waals surface area (Å²) in [5.74, 6) is -1.52. The summed E-state index contributed by atoms with van der Waals surface area (Å²) in [6, 6.07) is 8.58. The molecule has 1 aromatic carbocycles. The molecule has 2 aromatic rings. The summed E-state index contributed by atoms with van der Waals surface area (Å²) >= 11 is 0. The highest BCUT2D eigenvalue weighted by Crippen LogP contribution is 2.23. The number of furan rings is 1. The molecule has 0 saturated carbocycles. The van der Waals surface area contributed by atoms with E-state index >= 15 is 0 Å². The summed E-state index contributed by atoms with van der Waals surface area (Å²) in [4.78, 5) is 33.8. The Hall–Kier alpha value is -3.16. The summed E-state index contributed by atoms with van der Waals surface area (Å²) in [6.07, 6.45) is 0.159. The van der Waals surface area contributed by atoms with Gasteiger partial charge in [-0.2, -0.15) is 0 Å². The molecule has 1 amide bonds. The maximum Gasteiger partial charge on any atom is 0.374 e. The van der Waals surface area contributed by atoms with E-state index in [1.54, 1.807) is 6.07 Å². The number of nitro groups is 1. The maximum absolute atomic E-state index is 12.0. The van der Waals surface area contributed by atoms with Crippen molar-refractivity contribution in [3.63, 3.8) is 0 Å². The molecule has 8 heteroatoms. The van der Waals surface area contributed by atoms with Crippen LogP contribution < -0.4 is 5.32 Å². The molecule has 0 saturated heterocycles. The van der Waals surface area contributed by atoms with Crippen LogP contribution in [-0.4, -0.2) is 22.9 Å². The molecule has 22 heavy (non-hydrogen) atoms. The summed E-state index contributed by atoms with van der Waals surface area (Å²) in [6.45, 7) is 1.35. The number of nitrogens with one attached hydrogen (secondary N) is 1. The number of amides is 1. The number of hydrogen-bond acceptors (Lipinski definition) is 6. The number of hydrogen-bond donors (Lipinski definition) is 1. The first-order chi connectivity index (χ1) is 10.5. The van der Waals surface area contributed by atoms with Gasteiger partial charge in [-0.05, 0) is 25.1 Å². The van der Waals surface area contributed by atoms with Gasteiger partial charge in [-0.3, -0.25) is 14.9 Å². The molecule has 1 heterocycles. The Morgan fingerprint density at radius 2 is 2.00 bits per heavy atom. The lowest BCUT2D eigenvalue weighted by Crippen LogP contribution is -2.30. The zero-order valence-corrected chi connectivity index (χ0v) is 11.5. The highest BCUT2D eigenvalue weighted by atomic mass is 16.6. The van der Waals surface area contributed by atoms with Crippen molar-refractivity contribution >= 4 is 23.3 Å². The van der Waals surface area contributed by atoms with Gasteiger partial charge in [0, 0.05) is 6.07 Å². The van der Waals surface area contributed by atoms with Gasteiger partial charge in [-0.25, -0.2) is 4.79 Å². The minimum atomic E-state index is -1.14. The fourth-order valence-electron chi connectivity index (χ4n) is 1.64. The molecule has 0 bridgehead atoms. The number of ether oxygens (including phenoxy) is 1. The van der Waals surface area contributed by atoms with E-state index in [1.807, 2.05) is 0 Å². The van der Waals surface area contributed by atoms with E-state index in [1.165, 1.54) is 43.5 Å². The van der Waals surface area contributed by atoms with Crippen LogP contribution in [0.4, 0.5) is 11.4 Å². The number of carbonyl (C=O) groups excluding carboxylic acids is 2. The van der Waals surface area contributed by atoms with Crippen molar-refractivity contribution in [2.24, 2.45) is 0 Å². The van der Waals surface area contributed by atoms with Crippen LogP contribution in [0.5, 0.6) is 0 Å². The number of anilines is 1. The highest BCUT2D eigenvalue weighted by Gasteiger charge is 2.23. The summed E-state index contributed by atoms with van der Waals surface area (Å²) in [7, 11) is 0. The number of esters is 1. The number of benzene rings is 1. The average Bonchev–Trinajstić information content (AvgIpc) is 3.01. The largest absolute Gasteiger partial charge is 0.457 e. The van der Waals surface area contributed by atoms with Gasteiger partial charge < -0.3 is 14.5 Å². The molecular formula is C14H12N2O6. The SMILES string of the molecule is CC(OC(=O)c1ccco1)C(=O)Nc1ccccc1[N+](=O)[O-]. The fraction of sp³-hybridized carbons (Fsp3) is 0.143. The van der Waals surface area contributed by atoms with E-state index in [9.17, 15) is 19.7 Å². The molecule has 0 aliphatic heterocycles. The lowest BCUT2D eigenvalue weighted by molar-refractivity contribution is -0.383. The third-order valence-corrected chi connectivity index (χ3v) is 2.73. The van der Waals surface area contributed by atoms with Crippen molar-refractivity contribution in [1.82, 2.24) is 0 Å². The van der Waals surface area contributed by atoms with Crippen LogP contribution in [0.1, 0.15) is 17.5 Å². The Bertz CT molecular complexity index is 695. The van der Waals surface area contributed by atoms with Crippen LogP contribution in [0.3, 0.4) is 0 Å². The first-order valence-corrected chi connectivity index (χ1v) is 6.28. The van der Waals surface area contributed by atoms with Gasteiger partial charge in [0.25, 0.3) is 11.6 Å². The predicted octanol–water partition coefficient (Wildman–Crippen LogP) is 2.37. The van der Waals surface area contributed by atoms with Crippen molar-refractivity contribution in [2.45, 2.75) is 13.0 Å². The number of rotatable bonds is 5. The smallest absolute Gasteiger partial charge is 0.374 e. The Morgan fingerprint density at radius 3 is 2.64 bits per heavy atom. The number of nitro benzene ring substituents is 1. The summed E-state index contributed by atoms with van der Waals surface area (Å²) in [5, 5.41) is 13.2. The Balaban J connectivity index is 2.03. The molecule has 114 valence electrons. The van der Waals surface area contributed by atoms with E-state index < -0.39 is 22.9 Å². The van der Waals surface area contributed by atoms with Crippen molar-refractivity contribution < 1.29 is 23.7 Å². The van der Waals surface area contributed by atoms with E-state index in [2.05, 4.69) is 5.32 Å². The molecule has 0 spiro atoms. The van der Waals surface area contributed by atoms with E-state index in [-0.39, 0.29) is 17.1 Å². The van der Waals surface area contributed by atoms with Crippen LogP contribution >= 0.6 is 0 Å². The maximum atomic E-state index is 12.0. The molecule has 1 aromatic heterocycles. The second-order valence-corrected chi connectivity index (χ2v) is 4.29. The minimum absolute atomic E-state index is 0.0263. The third kappa shape index (κ3) is 3.48. The lowest BCUT2D eigenvalue weighted by atomic mass is 10.2. The summed E-state index contributed by atoms with van der Waals surface area (Å²) < 4.78 is 9.76. The standard InChI is InChI=1S/C14H12N2O6/c1-9(22-14(18)12-7-4-8-21-12)13(17)15-10-5-2-3-6-11(10)16(19)20/h2-9H,1H3,(H,15,17). The Labute approximate surface area is 124 Å².